The lowest BCUT2D eigenvalue weighted by Crippen LogP contribution is -2.09. The summed E-state index contributed by atoms with van der Waals surface area (Å²) in [6.45, 7) is 0.541. The fraction of sp³-hybridized carbons (Fsp3) is 0.357. The third-order valence-corrected chi connectivity index (χ3v) is 4.02. The zero-order valence-corrected chi connectivity index (χ0v) is 10.8. The number of ether oxygens (including phenoxy) is 1. The van der Waals surface area contributed by atoms with Crippen LogP contribution in [0.25, 0.3) is 0 Å². The van der Waals surface area contributed by atoms with E-state index in [-0.39, 0.29) is 6.10 Å². The molecular formula is C14H15NO2S. The highest BCUT2D eigenvalue weighted by molar-refractivity contribution is 7.09. The molecule has 1 N–H and O–H groups in total. The maximum absolute atomic E-state index is 9.97. The molecule has 1 heterocycles. The van der Waals surface area contributed by atoms with Gasteiger partial charge in [0.05, 0.1) is 16.5 Å². The number of aryl methyl sites for hydroxylation is 1. The topological polar surface area (TPSA) is 42.4 Å². The molecular weight excluding hydrogens is 246 g/mol. The normalized spacial score (nSPS) is 18.4. The van der Waals surface area contributed by atoms with Crippen LogP contribution in [0.3, 0.4) is 0 Å². The van der Waals surface area contributed by atoms with Crippen LogP contribution in [0.15, 0.2) is 29.9 Å². The van der Waals surface area contributed by atoms with Gasteiger partial charge < -0.3 is 9.84 Å². The molecule has 18 heavy (non-hydrogen) atoms. The first-order valence-electron chi connectivity index (χ1n) is 6.14. The largest absolute Gasteiger partial charge is 0.488 e. The maximum Gasteiger partial charge on any atom is 0.124 e. The van der Waals surface area contributed by atoms with Gasteiger partial charge in [0.25, 0.3) is 0 Å². The second-order valence-corrected chi connectivity index (χ2v) is 5.50. The Balaban J connectivity index is 1.75. The van der Waals surface area contributed by atoms with Crippen molar-refractivity contribution in [2.45, 2.75) is 32.0 Å². The fourth-order valence-electron chi connectivity index (χ4n) is 2.31. The van der Waals surface area contributed by atoms with E-state index in [0.29, 0.717) is 6.61 Å². The predicted octanol–water partition coefficient (Wildman–Crippen LogP) is 3.09. The monoisotopic (exact) mass is 261 g/mol. The van der Waals surface area contributed by atoms with Crippen molar-refractivity contribution >= 4 is 11.3 Å². The molecule has 0 saturated carbocycles. The van der Waals surface area contributed by atoms with E-state index < -0.39 is 0 Å². The zero-order chi connectivity index (χ0) is 12.4. The highest BCUT2D eigenvalue weighted by atomic mass is 32.1. The van der Waals surface area contributed by atoms with Crippen LogP contribution >= 0.6 is 11.3 Å². The van der Waals surface area contributed by atoms with Crippen molar-refractivity contribution in [3.8, 4) is 5.75 Å². The van der Waals surface area contributed by atoms with Gasteiger partial charge in [-0.2, -0.15) is 0 Å². The highest BCUT2D eigenvalue weighted by Gasteiger charge is 2.18. The number of hydrogen-bond donors (Lipinski definition) is 1. The average molecular weight is 261 g/mol. The van der Waals surface area contributed by atoms with Gasteiger partial charge in [0, 0.05) is 6.20 Å². The van der Waals surface area contributed by atoms with E-state index in [2.05, 4.69) is 11.1 Å². The molecule has 0 unspecified atom stereocenters. The van der Waals surface area contributed by atoms with Gasteiger partial charge in [0.2, 0.25) is 0 Å². The molecule has 0 amide bonds. The molecule has 0 bridgehead atoms. The standard InChI is InChI=1S/C14H15NO2S/c16-14-3-1-2-10-4-5-11(6-13(10)14)17-8-12-7-15-9-18-12/h4-7,9,14,16H,1-3,8H2/t14-/m0/s1. The summed E-state index contributed by atoms with van der Waals surface area (Å²) in [6, 6.07) is 6.03. The Bertz CT molecular complexity index is 525. The molecule has 1 aromatic carbocycles. The number of benzene rings is 1. The van der Waals surface area contributed by atoms with Gasteiger partial charge in [0.15, 0.2) is 0 Å². The van der Waals surface area contributed by atoms with Crippen molar-refractivity contribution in [1.82, 2.24) is 4.98 Å². The summed E-state index contributed by atoms with van der Waals surface area (Å²) in [5.41, 5.74) is 4.08. The van der Waals surface area contributed by atoms with Crippen LogP contribution in [0.1, 0.15) is 34.9 Å². The summed E-state index contributed by atoms with van der Waals surface area (Å²) >= 11 is 1.59. The van der Waals surface area contributed by atoms with E-state index in [0.717, 1.165) is 35.5 Å². The molecule has 0 radical (unpaired) electrons. The van der Waals surface area contributed by atoms with E-state index in [1.54, 1.807) is 16.8 Å². The molecule has 4 heteroatoms. The molecule has 1 atom stereocenters. The van der Waals surface area contributed by atoms with Crippen molar-refractivity contribution < 1.29 is 9.84 Å². The quantitative estimate of drug-likeness (QED) is 0.923. The summed E-state index contributed by atoms with van der Waals surface area (Å²) in [7, 11) is 0. The third kappa shape index (κ3) is 2.40. The first-order chi connectivity index (χ1) is 8.83. The molecule has 0 aliphatic heterocycles. The minimum Gasteiger partial charge on any atom is -0.488 e. The molecule has 3 nitrogen and oxygen atoms in total. The van der Waals surface area contributed by atoms with Gasteiger partial charge in [-0.3, -0.25) is 4.98 Å². The van der Waals surface area contributed by atoms with Gasteiger partial charge >= 0.3 is 0 Å². The number of thiazole rings is 1. The smallest absolute Gasteiger partial charge is 0.124 e. The van der Waals surface area contributed by atoms with E-state index >= 15 is 0 Å². The van der Waals surface area contributed by atoms with Crippen molar-refractivity contribution in [2.75, 3.05) is 0 Å². The van der Waals surface area contributed by atoms with Crippen molar-refractivity contribution in [2.24, 2.45) is 0 Å². The lowest BCUT2D eigenvalue weighted by molar-refractivity contribution is 0.156. The zero-order valence-electron chi connectivity index (χ0n) is 10.0. The van der Waals surface area contributed by atoms with Gasteiger partial charge in [-0.15, -0.1) is 11.3 Å². The first-order valence-corrected chi connectivity index (χ1v) is 7.02. The second kappa shape index (κ2) is 5.08. The number of fused-ring (bicyclic) bond motifs is 1. The van der Waals surface area contributed by atoms with Crippen LogP contribution in [0.2, 0.25) is 0 Å². The average Bonchev–Trinajstić information content (AvgIpc) is 2.90. The van der Waals surface area contributed by atoms with Crippen LogP contribution in [-0.2, 0) is 13.0 Å². The number of aliphatic hydroxyl groups is 1. The molecule has 0 saturated heterocycles. The number of rotatable bonds is 3. The molecule has 1 aliphatic carbocycles. The molecule has 94 valence electrons. The van der Waals surface area contributed by atoms with Gasteiger partial charge in [-0.1, -0.05) is 6.07 Å². The first kappa shape index (κ1) is 11.7. The molecule has 0 spiro atoms. The fourth-order valence-corrected chi connectivity index (χ4v) is 2.82. The summed E-state index contributed by atoms with van der Waals surface area (Å²) in [4.78, 5) is 5.12. The van der Waals surface area contributed by atoms with Crippen LogP contribution in [0.4, 0.5) is 0 Å². The Morgan fingerprint density at radius 1 is 1.44 bits per heavy atom. The van der Waals surface area contributed by atoms with Crippen LogP contribution in [0, 0.1) is 0 Å². The number of aromatic nitrogens is 1. The van der Waals surface area contributed by atoms with Crippen molar-refractivity contribution in [3.63, 3.8) is 0 Å². The molecule has 0 fully saturated rings. The minimum absolute atomic E-state index is 0.333. The predicted molar refractivity (Wildman–Crippen MR) is 70.8 cm³/mol. The maximum atomic E-state index is 9.97. The van der Waals surface area contributed by atoms with Crippen LogP contribution < -0.4 is 4.74 Å². The van der Waals surface area contributed by atoms with E-state index in [9.17, 15) is 5.11 Å². The number of hydrogen-bond acceptors (Lipinski definition) is 4. The number of nitrogens with zero attached hydrogens (tertiary/aromatic N) is 1. The summed E-state index contributed by atoms with van der Waals surface area (Å²) in [5.74, 6) is 0.822. The Morgan fingerprint density at radius 3 is 3.22 bits per heavy atom. The SMILES string of the molecule is O[C@H]1CCCc2ccc(OCc3cncs3)cc21. The molecule has 1 aliphatic rings. The van der Waals surface area contributed by atoms with Crippen LogP contribution in [0.5, 0.6) is 5.75 Å². The Labute approximate surface area is 110 Å². The third-order valence-electron chi connectivity index (χ3n) is 3.26. The minimum atomic E-state index is -0.333. The lowest BCUT2D eigenvalue weighted by atomic mass is 9.89. The van der Waals surface area contributed by atoms with Gasteiger partial charge in [-0.25, -0.2) is 0 Å². The Hall–Kier alpha value is -1.39. The second-order valence-electron chi connectivity index (χ2n) is 4.53. The molecule has 2 aromatic rings. The lowest BCUT2D eigenvalue weighted by Gasteiger charge is -2.21. The summed E-state index contributed by atoms with van der Waals surface area (Å²) in [6.07, 6.45) is 4.46. The molecule has 3 rings (SSSR count). The van der Waals surface area contributed by atoms with E-state index in [4.69, 9.17) is 4.74 Å². The van der Waals surface area contributed by atoms with Gasteiger partial charge in [-0.05, 0) is 42.5 Å². The van der Waals surface area contributed by atoms with Crippen molar-refractivity contribution in [1.29, 1.82) is 0 Å². The molecule has 1 aromatic heterocycles. The van der Waals surface area contributed by atoms with Crippen molar-refractivity contribution in [3.05, 3.63) is 45.9 Å². The Kier molecular flexibility index (Phi) is 3.30. The van der Waals surface area contributed by atoms with Gasteiger partial charge in [0.1, 0.15) is 12.4 Å². The highest BCUT2D eigenvalue weighted by Crippen LogP contribution is 2.32. The summed E-state index contributed by atoms with van der Waals surface area (Å²) < 4.78 is 5.72. The van der Waals surface area contributed by atoms with Crippen LogP contribution in [-0.4, -0.2) is 10.1 Å². The van der Waals surface area contributed by atoms with E-state index in [1.807, 2.05) is 18.3 Å². The number of aliphatic hydroxyl groups excluding tert-OH is 1. The van der Waals surface area contributed by atoms with E-state index in [1.165, 1.54) is 5.56 Å². The summed E-state index contributed by atoms with van der Waals surface area (Å²) in [5, 5.41) is 9.97. The Morgan fingerprint density at radius 2 is 2.39 bits per heavy atom.